The number of ether oxygens (including phenoxy) is 1. The SMILES string of the molecule is COC(=O)c1ccc(CN(C(C)c2ccc(F)cc2)S(=O)(=O)c2ccc(F)cc2)cc1. The zero-order valence-electron chi connectivity index (χ0n) is 17.0. The first-order valence-electron chi connectivity index (χ1n) is 9.42. The van der Waals surface area contributed by atoms with Gasteiger partial charge in [0.05, 0.1) is 17.6 Å². The number of esters is 1. The third-order valence-electron chi connectivity index (χ3n) is 4.92. The number of carbonyl (C=O) groups excluding carboxylic acids is 1. The van der Waals surface area contributed by atoms with E-state index in [4.69, 9.17) is 0 Å². The van der Waals surface area contributed by atoms with Crippen LogP contribution in [0.4, 0.5) is 8.78 Å². The van der Waals surface area contributed by atoms with E-state index in [0.717, 1.165) is 12.1 Å². The summed E-state index contributed by atoms with van der Waals surface area (Å²) in [5.74, 6) is -1.47. The molecule has 0 bridgehead atoms. The van der Waals surface area contributed by atoms with Crippen molar-refractivity contribution in [2.75, 3.05) is 7.11 Å². The van der Waals surface area contributed by atoms with Gasteiger partial charge in [-0.15, -0.1) is 0 Å². The summed E-state index contributed by atoms with van der Waals surface area (Å²) in [7, 11) is -2.75. The Balaban J connectivity index is 2.00. The van der Waals surface area contributed by atoms with E-state index in [2.05, 4.69) is 4.74 Å². The molecule has 3 aromatic rings. The maximum absolute atomic E-state index is 13.4. The standard InChI is InChI=1S/C23H21F2NO4S/c1-16(18-7-9-20(24)10-8-18)26(31(28,29)22-13-11-21(25)12-14-22)15-17-3-5-19(6-4-17)23(27)30-2/h3-14,16H,15H2,1-2H3. The Labute approximate surface area is 179 Å². The normalized spacial score (nSPS) is 12.5. The maximum Gasteiger partial charge on any atom is 0.337 e. The molecule has 0 aliphatic rings. The number of benzene rings is 3. The Kier molecular flexibility index (Phi) is 6.82. The van der Waals surface area contributed by atoms with E-state index in [9.17, 15) is 22.0 Å². The monoisotopic (exact) mass is 445 g/mol. The number of carbonyl (C=O) groups is 1. The van der Waals surface area contributed by atoms with Crippen molar-refractivity contribution in [3.8, 4) is 0 Å². The van der Waals surface area contributed by atoms with Crippen LogP contribution in [0.1, 0.15) is 34.5 Å². The largest absolute Gasteiger partial charge is 0.465 e. The van der Waals surface area contributed by atoms with Crippen LogP contribution in [-0.4, -0.2) is 25.8 Å². The molecule has 0 radical (unpaired) electrons. The van der Waals surface area contributed by atoms with Gasteiger partial charge < -0.3 is 4.74 Å². The Morgan fingerprint density at radius 3 is 1.94 bits per heavy atom. The first-order valence-corrected chi connectivity index (χ1v) is 10.9. The number of nitrogens with zero attached hydrogens (tertiary/aromatic N) is 1. The van der Waals surface area contributed by atoms with E-state index in [1.165, 1.54) is 47.8 Å². The van der Waals surface area contributed by atoms with Gasteiger partial charge in [0.1, 0.15) is 11.6 Å². The molecule has 0 saturated heterocycles. The third-order valence-corrected chi connectivity index (χ3v) is 6.85. The average Bonchev–Trinajstić information content (AvgIpc) is 2.77. The molecule has 0 heterocycles. The zero-order valence-corrected chi connectivity index (χ0v) is 17.8. The lowest BCUT2D eigenvalue weighted by Gasteiger charge is -2.29. The number of hydrogen-bond acceptors (Lipinski definition) is 4. The highest BCUT2D eigenvalue weighted by molar-refractivity contribution is 7.89. The molecule has 8 heteroatoms. The Morgan fingerprint density at radius 2 is 1.42 bits per heavy atom. The molecule has 0 aromatic heterocycles. The highest BCUT2D eigenvalue weighted by Crippen LogP contribution is 2.30. The van der Waals surface area contributed by atoms with Crippen LogP contribution in [-0.2, 0) is 21.3 Å². The highest BCUT2D eigenvalue weighted by Gasteiger charge is 2.30. The van der Waals surface area contributed by atoms with E-state index in [-0.39, 0.29) is 11.4 Å². The lowest BCUT2D eigenvalue weighted by atomic mass is 10.1. The molecule has 0 saturated carbocycles. The summed E-state index contributed by atoms with van der Waals surface area (Å²) < 4.78 is 59.4. The molecular weight excluding hydrogens is 424 g/mol. The molecular formula is C23H21F2NO4S. The van der Waals surface area contributed by atoms with Crippen LogP contribution in [0.3, 0.4) is 0 Å². The lowest BCUT2D eigenvalue weighted by molar-refractivity contribution is 0.0600. The molecule has 1 unspecified atom stereocenters. The molecule has 0 amide bonds. The molecule has 3 aromatic carbocycles. The van der Waals surface area contributed by atoms with E-state index < -0.39 is 33.7 Å². The topological polar surface area (TPSA) is 63.7 Å². The fourth-order valence-electron chi connectivity index (χ4n) is 3.12. The smallest absolute Gasteiger partial charge is 0.337 e. The van der Waals surface area contributed by atoms with Crippen molar-refractivity contribution in [2.45, 2.75) is 24.4 Å². The molecule has 0 aliphatic heterocycles. The number of rotatable bonds is 7. The van der Waals surface area contributed by atoms with Crippen molar-refractivity contribution in [1.29, 1.82) is 0 Å². The van der Waals surface area contributed by atoms with Gasteiger partial charge in [-0.2, -0.15) is 4.31 Å². The highest BCUT2D eigenvalue weighted by atomic mass is 32.2. The minimum Gasteiger partial charge on any atom is -0.465 e. The van der Waals surface area contributed by atoms with Crippen LogP contribution in [0.2, 0.25) is 0 Å². The summed E-state index contributed by atoms with van der Waals surface area (Å²) in [4.78, 5) is 11.6. The van der Waals surface area contributed by atoms with E-state index >= 15 is 0 Å². The molecule has 1 atom stereocenters. The number of hydrogen-bond donors (Lipinski definition) is 0. The van der Waals surface area contributed by atoms with E-state index in [0.29, 0.717) is 16.7 Å². The summed E-state index contributed by atoms with van der Waals surface area (Å²) in [5.41, 5.74) is 1.57. The second-order valence-electron chi connectivity index (χ2n) is 6.92. The Morgan fingerprint density at radius 1 is 0.903 bits per heavy atom. The average molecular weight is 445 g/mol. The summed E-state index contributed by atoms with van der Waals surface area (Å²) in [6.45, 7) is 1.68. The number of methoxy groups -OCH3 is 1. The maximum atomic E-state index is 13.4. The molecule has 5 nitrogen and oxygen atoms in total. The number of halogens is 2. The predicted octanol–water partition coefficient (Wildman–Crippen LogP) is 4.70. The van der Waals surface area contributed by atoms with Gasteiger partial charge in [0.25, 0.3) is 0 Å². The molecule has 0 N–H and O–H groups in total. The van der Waals surface area contributed by atoms with Gasteiger partial charge in [0.2, 0.25) is 10.0 Å². The van der Waals surface area contributed by atoms with Gasteiger partial charge in [-0.05, 0) is 66.6 Å². The van der Waals surface area contributed by atoms with Gasteiger partial charge >= 0.3 is 5.97 Å². The lowest BCUT2D eigenvalue weighted by Crippen LogP contribution is -2.33. The van der Waals surface area contributed by atoms with Crippen LogP contribution in [0.25, 0.3) is 0 Å². The second kappa shape index (κ2) is 9.36. The predicted molar refractivity (Wildman–Crippen MR) is 112 cm³/mol. The summed E-state index contributed by atoms with van der Waals surface area (Å²) >= 11 is 0. The van der Waals surface area contributed by atoms with E-state index in [1.807, 2.05) is 0 Å². The van der Waals surface area contributed by atoms with Gasteiger partial charge in [0, 0.05) is 12.6 Å². The van der Waals surface area contributed by atoms with Crippen molar-refractivity contribution in [3.05, 3.63) is 101 Å². The van der Waals surface area contributed by atoms with Crippen LogP contribution >= 0.6 is 0 Å². The first kappa shape index (κ1) is 22.6. The Hall–Kier alpha value is -3.10. The van der Waals surface area contributed by atoms with Crippen molar-refractivity contribution < 1.29 is 26.7 Å². The number of sulfonamides is 1. The van der Waals surface area contributed by atoms with Crippen LogP contribution in [0.5, 0.6) is 0 Å². The summed E-state index contributed by atoms with van der Waals surface area (Å²) in [6.07, 6.45) is 0. The second-order valence-corrected chi connectivity index (χ2v) is 8.81. The van der Waals surface area contributed by atoms with Crippen LogP contribution < -0.4 is 0 Å². The van der Waals surface area contributed by atoms with Gasteiger partial charge in [-0.1, -0.05) is 24.3 Å². The minimum atomic E-state index is -4.02. The Bertz CT molecular complexity index is 1150. The summed E-state index contributed by atoms with van der Waals surface area (Å²) in [6, 6.07) is 15.9. The molecule has 0 fully saturated rings. The van der Waals surface area contributed by atoms with Gasteiger partial charge in [-0.3, -0.25) is 0 Å². The van der Waals surface area contributed by atoms with Crippen molar-refractivity contribution in [3.63, 3.8) is 0 Å². The quantitative estimate of drug-likeness (QED) is 0.495. The first-order chi connectivity index (χ1) is 14.7. The van der Waals surface area contributed by atoms with Gasteiger partial charge in [0.15, 0.2) is 0 Å². The van der Waals surface area contributed by atoms with Crippen LogP contribution in [0, 0.1) is 11.6 Å². The molecule has 0 spiro atoms. The van der Waals surface area contributed by atoms with Crippen molar-refractivity contribution >= 4 is 16.0 Å². The summed E-state index contributed by atoms with van der Waals surface area (Å²) in [5, 5.41) is 0. The van der Waals surface area contributed by atoms with E-state index in [1.54, 1.807) is 31.2 Å². The van der Waals surface area contributed by atoms with Gasteiger partial charge in [-0.25, -0.2) is 22.0 Å². The zero-order chi connectivity index (χ0) is 22.6. The minimum absolute atomic E-state index is 0.0142. The molecule has 31 heavy (non-hydrogen) atoms. The fraction of sp³-hybridized carbons (Fsp3) is 0.174. The fourth-order valence-corrected chi connectivity index (χ4v) is 4.73. The van der Waals surface area contributed by atoms with Crippen molar-refractivity contribution in [1.82, 2.24) is 4.31 Å². The molecule has 0 aliphatic carbocycles. The van der Waals surface area contributed by atoms with Crippen LogP contribution in [0.15, 0.2) is 77.7 Å². The molecule has 162 valence electrons. The molecule has 3 rings (SSSR count). The van der Waals surface area contributed by atoms with Crippen molar-refractivity contribution in [2.24, 2.45) is 0 Å². The third kappa shape index (κ3) is 5.15.